The maximum absolute atomic E-state index is 10.2. The van der Waals surface area contributed by atoms with Gasteiger partial charge in [-0.15, -0.1) is 0 Å². The molecule has 3 nitrogen and oxygen atoms in total. The number of fused-ring (bicyclic) bond motifs is 1. The molecule has 0 aliphatic heterocycles. The van der Waals surface area contributed by atoms with Gasteiger partial charge in [0.2, 0.25) is 0 Å². The summed E-state index contributed by atoms with van der Waals surface area (Å²) >= 11 is 6.09. The number of aliphatic hydroxyl groups excluding tert-OH is 1. The molecule has 0 saturated heterocycles. The first-order valence-electron chi connectivity index (χ1n) is 7.74. The van der Waals surface area contributed by atoms with Crippen LogP contribution in [0.1, 0.15) is 45.1 Å². The minimum atomic E-state index is -0.638. The van der Waals surface area contributed by atoms with Crippen molar-refractivity contribution in [3.8, 4) is 11.3 Å². The zero-order valence-corrected chi connectivity index (χ0v) is 14.6. The van der Waals surface area contributed by atoms with Gasteiger partial charge in [-0.25, -0.2) is 4.98 Å². The van der Waals surface area contributed by atoms with E-state index in [-0.39, 0.29) is 5.41 Å². The summed E-state index contributed by atoms with van der Waals surface area (Å²) in [6, 6.07) is 12.0. The van der Waals surface area contributed by atoms with E-state index < -0.39 is 6.10 Å². The quantitative estimate of drug-likeness (QED) is 0.718. The molecule has 0 fully saturated rings. The second kappa shape index (κ2) is 5.66. The molecule has 1 atom stereocenters. The van der Waals surface area contributed by atoms with Gasteiger partial charge < -0.3 is 5.11 Å². The van der Waals surface area contributed by atoms with Gasteiger partial charge in [-0.05, 0) is 30.0 Å². The smallest absolute Gasteiger partial charge is 0.137 e. The number of aliphatic hydroxyl groups is 1. The molecular weight excluding hydrogens is 308 g/mol. The maximum Gasteiger partial charge on any atom is 0.137 e. The lowest BCUT2D eigenvalue weighted by molar-refractivity contribution is 0.194. The van der Waals surface area contributed by atoms with Crippen LogP contribution in [0.2, 0.25) is 5.02 Å². The van der Waals surface area contributed by atoms with Crippen LogP contribution in [-0.2, 0) is 5.41 Å². The maximum atomic E-state index is 10.2. The third-order valence-electron chi connectivity index (χ3n) is 4.04. The molecule has 0 spiro atoms. The Morgan fingerprint density at radius 3 is 2.30 bits per heavy atom. The summed E-state index contributed by atoms with van der Waals surface area (Å²) in [5.74, 6) is 0. The molecule has 2 heterocycles. The number of hydrogen-bond donors (Lipinski definition) is 1. The van der Waals surface area contributed by atoms with Crippen molar-refractivity contribution in [2.75, 3.05) is 0 Å². The Morgan fingerprint density at radius 2 is 1.74 bits per heavy atom. The highest BCUT2D eigenvalue weighted by atomic mass is 35.5. The van der Waals surface area contributed by atoms with Gasteiger partial charge in [0, 0.05) is 11.8 Å². The number of pyridine rings is 1. The monoisotopic (exact) mass is 328 g/mol. The summed E-state index contributed by atoms with van der Waals surface area (Å²) in [6.45, 7) is 8.32. The largest absolute Gasteiger partial charge is 0.387 e. The fraction of sp³-hybridized carbons (Fsp3) is 0.316. The normalized spacial score (nSPS) is 13.5. The van der Waals surface area contributed by atoms with Gasteiger partial charge in [-0.2, -0.15) is 0 Å². The summed E-state index contributed by atoms with van der Waals surface area (Å²) in [7, 11) is 0. The van der Waals surface area contributed by atoms with Crippen LogP contribution in [-0.4, -0.2) is 14.5 Å². The Labute approximate surface area is 141 Å². The van der Waals surface area contributed by atoms with Crippen molar-refractivity contribution in [1.29, 1.82) is 0 Å². The highest BCUT2D eigenvalue weighted by Gasteiger charge is 2.19. The van der Waals surface area contributed by atoms with Crippen LogP contribution in [0.4, 0.5) is 0 Å². The Kier molecular flexibility index (Phi) is 3.95. The van der Waals surface area contributed by atoms with E-state index in [9.17, 15) is 5.11 Å². The summed E-state index contributed by atoms with van der Waals surface area (Å²) < 4.78 is 1.86. The van der Waals surface area contributed by atoms with Crippen molar-refractivity contribution < 1.29 is 5.11 Å². The molecule has 3 rings (SSSR count). The molecule has 0 radical (unpaired) electrons. The van der Waals surface area contributed by atoms with Gasteiger partial charge >= 0.3 is 0 Å². The number of nitrogens with zero attached hydrogens (tertiary/aromatic N) is 2. The van der Waals surface area contributed by atoms with E-state index in [1.54, 1.807) is 13.1 Å². The van der Waals surface area contributed by atoms with Gasteiger partial charge in [0.1, 0.15) is 5.65 Å². The minimum absolute atomic E-state index is 0.109. The van der Waals surface area contributed by atoms with Gasteiger partial charge in [-0.3, -0.25) is 4.40 Å². The average molecular weight is 329 g/mol. The van der Waals surface area contributed by atoms with Crippen LogP contribution in [0.15, 0.2) is 42.6 Å². The summed E-state index contributed by atoms with van der Waals surface area (Å²) in [5.41, 5.74) is 4.70. The predicted octanol–water partition coefficient (Wildman–Crippen LogP) is 5.01. The van der Waals surface area contributed by atoms with E-state index in [2.05, 4.69) is 50.0 Å². The Morgan fingerprint density at radius 1 is 1.09 bits per heavy atom. The zero-order valence-electron chi connectivity index (χ0n) is 13.8. The molecule has 4 heteroatoms. The van der Waals surface area contributed by atoms with Crippen LogP contribution in [0.3, 0.4) is 0 Å². The molecule has 0 aliphatic rings. The molecule has 0 saturated carbocycles. The molecular formula is C19H21ClN2O. The number of hydrogen-bond acceptors (Lipinski definition) is 2. The van der Waals surface area contributed by atoms with Crippen molar-refractivity contribution in [1.82, 2.24) is 9.38 Å². The topological polar surface area (TPSA) is 37.5 Å². The molecule has 1 N–H and O–H groups in total. The molecule has 1 unspecified atom stereocenters. The van der Waals surface area contributed by atoms with Gasteiger partial charge in [0.25, 0.3) is 0 Å². The molecule has 0 aliphatic carbocycles. The number of halogens is 1. The number of imidazole rings is 1. The standard InChI is InChI=1S/C19H21ClN2O/c1-12(23)18-17(21-16-10-9-15(20)11-22(16)18)13-5-7-14(8-6-13)19(2,3)4/h5-12,23H,1-4H3. The lowest BCUT2D eigenvalue weighted by Gasteiger charge is -2.19. The molecule has 2 aromatic heterocycles. The van der Waals surface area contributed by atoms with E-state index >= 15 is 0 Å². The number of aromatic nitrogens is 2. The van der Waals surface area contributed by atoms with Crippen LogP contribution in [0.5, 0.6) is 0 Å². The van der Waals surface area contributed by atoms with Crippen molar-refractivity contribution in [3.05, 3.63) is 58.9 Å². The summed E-state index contributed by atoms with van der Waals surface area (Å²) in [4.78, 5) is 4.68. The highest BCUT2D eigenvalue weighted by Crippen LogP contribution is 2.31. The Bertz CT molecular complexity index is 842. The fourth-order valence-corrected chi connectivity index (χ4v) is 2.94. The van der Waals surface area contributed by atoms with Gasteiger partial charge in [0.15, 0.2) is 0 Å². The van der Waals surface area contributed by atoms with E-state index in [0.29, 0.717) is 5.02 Å². The number of rotatable bonds is 2. The number of benzene rings is 1. The van der Waals surface area contributed by atoms with Crippen molar-refractivity contribution in [2.24, 2.45) is 0 Å². The first-order chi connectivity index (χ1) is 10.8. The van der Waals surface area contributed by atoms with Crippen molar-refractivity contribution in [3.63, 3.8) is 0 Å². The first kappa shape index (κ1) is 16.0. The van der Waals surface area contributed by atoms with Crippen LogP contribution in [0.25, 0.3) is 16.9 Å². The predicted molar refractivity (Wildman–Crippen MR) is 95.0 cm³/mol. The molecule has 0 amide bonds. The van der Waals surface area contributed by atoms with E-state index in [0.717, 1.165) is 22.6 Å². The SMILES string of the molecule is CC(O)c1c(-c2ccc(C(C)(C)C)cc2)nc2ccc(Cl)cn12. The van der Waals surface area contributed by atoms with E-state index in [1.807, 2.05) is 16.5 Å². The molecule has 120 valence electrons. The summed E-state index contributed by atoms with van der Waals surface area (Å²) in [6.07, 6.45) is 1.15. The lowest BCUT2D eigenvalue weighted by Crippen LogP contribution is -2.10. The van der Waals surface area contributed by atoms with E-state index in [1.165, 1.54) is 5.56 Å². The highest BCUT2D eigenvalue weighted by molar-refractivity contribution is 6.30. The Hall–Kier alpha value is -1.84. The van der Waals surface area contributed by atoms with Crippen LogP contribution >= 0.6 is 11.6 Å². The average Bonchev–Trinajstić information content (AvgIpc) is 2.85. The second-order valence-corrected chi connectivity index (χ2v) is 7.36. The van der Waals surface area contributed by atoms with Gasteiger partial charge in [0.05, 0.1) is 22.5 Å². The zero-order chi connectivity index (χ0) is 16.8. The Balaban J connectivity index is 2.17. The fourth-order valence-electron chi connectivity index (χ4n) is 2.78. The van der Waals surface area contributed by atoms with Crippen LogP contribution < -0.4 is 0 Å². The van der Waals surface area contributed by atoms with E-state index in [4.69, 9.17) is 11.6 Å². The second-order valence-electron chi connectivity index (χ2n) is 6.92. The molecule has 1 aromatic carbocycles. The lowest BCUT2D eigenvalue weighted by atomic mass is 9.86. The molecule has 23 heavy (non-hydrogen) atoms. The minimum Gasteiger partial charge on any atom is -0.387 e. The first-order valence-corrected chi connectivity index (χ1v) is 8.11. The summed E-state index contributed by atoms with van der Waals surface area (Å²) in [5, 5.41) is 10.8. The van der Waals surface area contributed by atoms with Gasteiger partial charge in [-0.1, -0.05) is 56.6 Å². The van der Waals surface area contributed by atoms with Crippen molar-refractivity contribution in [2.45, 2.75) is 39.2 Å². The van der Waals surface area contributed by atoms with Crippen molar-refractivity contribution >= 4 is 17.2 Å². The third kappa shape index (κ3) is 2.99. The molecule has 3 aromatic rings. The third-order valence-corrected chi connectivity index (χ3v) is 4.26. The van der Waals surface area contributed by atoms with Crippen LogP contribution in [0, 0.1) is 0 Å². The molecule has 0 bridgehead atoms.